The molecule has 6 nitrogen and oxygen atoms in total. The average molecular weight is 326 g/mol. The van der Waals surface area contributed by atoms with Crippen LogP contribution < -0.4 is 4.74 Å². The van der Waals surface area contributed by atoms with Crippen molar-refractivity contribution < 1.29 is 19.4 Å². The Bertz CT molecular complexity index is 758. The number of carboxylic acid groups (broad SMARTS) is 1. The molecule has 1 amide bonds. The SMILES string of the molecule is COc1ccc(-c2cncc(C(=O)N3CCC[C@@H]3C(=O)O)c2)cc1. The molecular formula is C18H18N2O4. The number of ether oxygens (including phenoxy) is 1. The number of pyridine rings is 1. The van der Waals surface area contributed by atoms with Gasteiger partial charge in [0.05, 0.1) is 12.7 Å². The van der Waals surface area contributed by atoms with Crippen LogP contribution in [0, 0.1) is 0 Å². The highest BCUT2D eigenvalue weighted by molar-refractivity contribution is 5.97. The van der Waals surface area contributed by atoms with Gasteiger partial charge in [-0.15, -0.1) is 0 Å². The molecule has 0 spiro atoms. The fraction of sp³-hybridized carbons (Fsp3) is 0.278. The van der Waals surface area contributed by atoms with Crippen LogP contribution in [0.25, 0.3) is 11.1 Å². The number of rotatable bonds is 4. The highest BCUT2D eigenvalue weighted by atomic mass is 16.5. The Morgan fingerprint density at radius 3 is 2.62 bits per heavy atom. The van der Waals surface area contributed by atoms with Gasteiger partial charge in [-0.2, -0.15) is 0 Å². The Balaban J connectivity index is 1.87. The third-order valence-corrected chi connectivity index (χ3v) is 4.21. The number of aliphatic carboxylic acids is 1. The Morgan fingerprint density at radius 2 is 1.96 bits per heavy atom. The summed E-state index contributed by atoms with van der Waals surface area (Å²) in [5.41, 5.74) is 2.11. The summed E-state index contributed by atoms with van der Waals surface area (Å²) in [5.74, 6) is -0.497. The van der Waals surface area contributed by atoms with Crippen LogP contribution in [0.5, 0.6) is 5.75 Å². The molecule has 0 aliphatic carbocycles. The molecule has 0 bridgehead atoms. The molecule has 1 aromatic carbocycles. The highest BCUT2D eigenvalue weighted by Gasteiger charge is 2.34. The number of hydrogen-bond donors (Lipinski definition) is 1. The molecule has 0 unspecified atom stereocenters. The molecule has 24 heavy (non-hydrogen) atoms. The molecule has 1 aromatic heterocycles. The van der Waals surface area contributed by atoms with Gasteiger partial charge in [-0.25, -0.2) is 4.79 Å². The molecule has 0 radical (unpaired) electrons. The minimum absolute atomic E-state index is 0.289. The second-order valence-corrected chi connectivity index (χ2v) is 5.69. The van der Waals surface area contributed by atoms with Gasteiger partial charge in [-0.3, -0.25) is 9.78 Å². The summed E-state index contributed by atoms with van der Waals surface area (Å²) >= 11 is 0. The number of carboxylic acids is 1. The third-order valence-electron chi connectivity index (χ3n) is 4.21. The Morgan fingerprint density at radius 1 is 1.21 bits per heavy atom. The predicted molar refractivity (Wildman–Crippen MR) is 87.9 cm³/mol. The van der Waals surface area contributed by atoms with E-state index in [4.69, 9.17) is 4.74 Å². The summed E-state index contributed by atoms with van der Waals surface area (Å²) in [6.45, 7) is 0.461. The minimum Gasteiger partial charge on any atom is -0.497 e. The summed E-state index contributed by atoms with van der Waals surface area (Å²) in [7, 11) is 1.60. The zero-order chi connectivity index (χ0) is 17.1. The maximum absolute atomic E-state index is 12.6. The first-order chi connectivity index (χ1) is 11.6. The number of benzene rings is 1. The lowest BCUT2D eigenvalue weighted by molar-refractivity contribution is -0.141. The van der Waals surface area contributed by atoms with Crippen LogP contribution in [-0.4, -0.2) is 46.6 Å². The molecule has 0 saturated carbocycles. The normalized spacial score (nSPS) is 16.9. The smallest absolute Gasteiger partial charge is 0.326 e. The zero-order valence-corrected chi connectivity index (χ0v) is 13.3. The zero-order valence-electron chi connectivity index (χ0n) is 13.3. The van der Waals surface area contributed by atoms with Crippen LogP contribution in [0.4, 0.5) is 0 Å². The van der Waals surface area contributed by atoms with Gasteiger partial charge < -0.3 is 14.7 Å². The van der Waals surface area contributed by atoms with Crippen molar-refractivity contribution in [1.29, 1.82) is 0 Å². The molecule has 6 heteroatoms. The van der Waals surface area contributed by atoms with Crippen LogP contribution in [0.15, 0.2) is 42.7 Å². The fourth-order valence-corrected chi connectivity index (χ4v) is 2.93. The Labute approximate surface area is 139 Å². The van der Waals surface area contributed by atoms with E-state index in [2.05, 4.69) is 4.98 Å². The van der Waals surface area contributed by atoms with E-state index in [0.29, 0.717) is 24.9 Å². The van der Waals surface area contributed by atoms with Gasteiger partial charge in [0, 0.05) is 24.5 Å². The van der Waals surface area contributed by atoms with Crippen LogP contribution in [0.1, 0.15) is 23.2 Å². The van der Waals surface area contributed by atoms with Crippen molar-refractivity contribution in [3.8, 4) is 16.9 Å². The molecule has 1 aliphatic rings. The van der Waals surface area contributed by atoms with Gasteiger partial charge in [0.15, 0.2) is 0 Å². The minimum atomic E-state index is -0.958. The van der Waals surface area contributed by atoms with Crippen molar-refractivity contribution in [2.24, 2.45) is 0 Å². The number of carbonyl (C=O) groups is 2. The van der Waals surface area contributed by atoms with Crippen LogP contribution >= 0.6 is 0 Å². The molecule has 124 valence electrons. The fourth-order valence-electron chi connectivity index (χ4n) is 2.93. The van der Waals surface area contributed by atoms with E-state index in [0.717, 1.165) is 16.9 Å². The third kappa shape index (κ3) is 3.08. The molecule has 1 saturated heterocycles. The van der Waals surface area contributed by atoms with Gasteiger partial charge in [0.2, 0.25) is 0 Å². The largest absolute Gasteiger partial charge is 0.497 e. The van der Waals surface area contributed by atoms with Crippen LogP contribution in [0.2, 0.25) is 0 Å². The molecule has 2 aromatic rings. The Hall–Kier alpha value is -2.89. The first-order valence-corrected chi connectivity index (χ1v) is 7.73. The molecule has 2 heterocycles. The van der Waals surface area contributed by atoms with Crippen molar-refractivity contribution in [3.63, 3.8) is 0 Å². The summed E-state index contributed by atoms with van der Waals surface area (Å²) in [6, 6.07) is 8.45. The average Bonchev–Trinajstić information content (AvgIpc) is 3.11. The van der Waals surface area contributed by atoms with E-state index < -0.39 is 12.0 Å². The van der Waals surface area contributed by atoms with E-state index in [1.807, 2.05) is 24.3 Å². The summed E-state index contributed by atoms with van der Waals surface area (Å²) < 4.78 is 5.14. The van der Waals surface area contributed by atoms with Gasteiger partial charge in [-0.1, -0.05) is 12.1 Å². The van der Waals surface area contributed by atoms with E-state index in [1.54, 1.807) is 19.4 Å². The monoisotopic (exact) mass is 326 g/mol. The van der Waals surface area contributed by atoms with Gasteiger partial charge in [0.1, 0.15) is 11.8 Å². The van der Waals surface area contributed by atoms with Crippen LogP contribution in [0.3, 0.4) is 0 Å². The number of carbonyl (C=O) groups excluding carboxylic acids is 1. The maximum Gasteiger partial charge on any atom is 0.326 e. The number of aromatic nitrogens is 1. The Kier molecular flexibility index (Phi) is 4.46. The lowest BCUT2D eigenvalue weighted by Gasteiger charge is -2.21. The van der Waals surface area contributed by atoms with Crippen molar-refractivity contribution in [3.05, 3.63) is 48.3 Å². The van der Waals surface area contributed by atoms with E-state index in [1.165, 1.54) is 11.1 Å². The molecule has 1 atom stereocenters. The van der Waals surface area contributed by atoms with Crippen molar-refractivity contribution in [2.75, 3.05) is 13.7 Å². The predicted octanol–water partition coefficient (Wildman–Crippen LogP) is 2.45. The summed E-state index contributed by atoms with van der Waals surface area (Å²) in [5, 5.41) is 9.24. The van der Waals surface area contributed by atoms with E-state index in [9.17, 15) is 14.7 Å². The molecular weight excluding hydrogens is 308 g/mol. The number of nitrogens with zero attached hydrogens (tertiary/aromatic N) is 2. The van der Waals surface area contributed by atoms with E-state index >= 15 is 0 Å². The number of amides is 1. The lowest BCUT2D eigenvalue weighted by Crippen LogP contribution is -2.40. The number of methoxy groups -OCH3 is 1. The molecule has 1 N–H and O–H groups in total. The second-order valence-electron chi connectivity index (χ2n) is 5.69. The standard InChI is InChI=1S/C18H18N2O4/c1-24-15-6-4-12(5-7-15)13-9-14(11-19-10-13)17(21)20-8-2-3-16(20)18(22)23/h4-7,9-11,16H,2-3,8H2,1H3,(H,22,23)/t16-/m1/s1. The van der Waals surface area contributed by atoms with Gasteiger partial charge in [0.25, 0.3) is 5.91 Å². The summed E-state index contributed by atoms with van der Waals surface area (Å²) in [4.78, 5) is 29.5. The maximum atomic E-state index is 12.6. The van der Waals surface area contributed by atoms with Crippen LogP contribution in [-0.2, 0) is 4.79 Å². The summed E-state index contributed by atoms with van der Waals surface area (Å²) in [6.07, 6.45) is 4.35. The van der Waals surface area contributed by atoms with Gasteiger partial charge >= 0.3 is 5.97 Å². The van der Waals surface area contributed by atoms with E-state index in [-0.39, 0.29) is 5.91 Å². The topological polar surface area (TPSA) is 79.7 Å². The second kappa shape index (κ2) is 6.70. The quantitative estimate of drug-likeness (QED) is 0.933. The number of likely N-dealkylation sites (tertiary alicyclic amines) is 1. The van der Waals surface area contributed by atoms with Gasteiger partial charge in [-0.05, 0) is 36.6 Å². The van der Waals surface area contributed by atoms with Crippen molar-refractivity contribution in [1.82, 2.24) is 9.88 Å². The number of hydrogen-bond acceptors (Lipinski definition) is 4. The molecule has 1 aliphatic heterocycles. The first-order valence-electron chi connectivity index (χ1n) is 7.73. The van der Waals surface area contributed by atoms with Crippen molar-refractivity contribution >= 4 is 11.9 Å². The van der Waals surface area contributed by atoms with Crippen molar-refractivity contribution in [2.45, 2.75) is 18.9 Å². The molecule has 1 fully saturated rings. The molecule has 3 rings (SSSR count). The lowest BCUT2D eigenvalue weighted by atomic mass is 10.1. The first kappa shape index (κ1) is 16.0. The highest BCUT2D eigenvalue weighted by Crippen LogP contribution is 2.25.